The lowest BCUT2D eigenvalue weighted by atomic mass is 10.2. The maximum Gasteiger partial charge on any atom is 0.136 e. The van der Waals surface area contributed by atoms with Crippen LogP contribution in [0, 0.1) is 0 Å². The normalized spacial score (nSPS) is 17.6. The van der Waals surface area contributed by atoms with Gasteiger partial charge < -0.3 is 16.0 Å². The molecule has 1 saturated heterocycles. The molecule has 1 atom stereocenters. The Morgan fingerprint density at radius 2 is 2.28 bits per heavy atom. The molecule has 5 heteroatoms. The molecule has 4 nitrogen and oxygen atoms in total. The van der Waals surface area contributed by atoms with Crippen molar-refractivity contribution in [2.75, 3.05) is 25.0 Å². The number of hydrogen-bond acceptors (Lipinski definition) is 4. The van der Waals surface area contributed by atoms with Crippen molar-refractivity contribution < 1.29 is 0 Å². The van der Waals surface area contributed by atoms with Crippen LogP contribution in [0.2, 0.25) is 0 Å². The van der Waals surface area contributed by atoms with Crippen molar-refractivity contribution in [2.45, 2.75) is 25.8 Å². The molecule has 2 rings (SSSR count). The SMILES string of the molecule is CC(CN1CCCC1)Nc1ncccc1C(N)=S. The summed E-state index contributed by atoms with van der Waals surface area (Å²) in [6.07, 6.45) is 4.38. The molecule has 1 aliphatic heterocycles. The van der Waals surface area contributed by atoms with Crippen LogP contribution in [-0.2, 0) is 0 Å². The van der Waals surface area contributed by atoms with E-state index < -0.39 is 0 Å². The second-order valence-corrected chi connectivity index (χ2v) is 5.26. The van der Waals surface area contributed by atoms with Gasteiger partial charge >= 0.3 is 0 Å². The summed E-state index contributed by atoms with van der Waals surface area (Å²) < 4.78 is 0. The standard InChI is InChI=1S/C13H20N4S/c1-10(9-17-7-2-3-8-17)16-13-11(12(14)18)5-4-6-15-13/h4-6,10H,2-3,7-9H2,1H3,(H2,14,18)(H,15,16). The molecule has 0 saturated carbocycles. The lowest BCUT2D eigenvalue weighted by Gasteiger charge is -2.22. The molecule has 1 aromatic heterocycles. The predicted molar refractivity (Wildman–Crippen MR) is 78.9 cm³/mol. The molecule has 98 valence electrons. The first kappa shape index (κ1) is 13.2. The maximum absolute atomic E-state index is 5.69. The Morgan fingerprint density at radius 3 is 2.94 bits per heavy atom. The van der Waals surface area contributed by atoms with Crippen molar-refractivity contribution in [3.8, 4) is 0 Å². The predicted octanol–water partition coefficient (Wildman–Crippen LogP) is 1.61. The highest BCUT2D eigenvalue weighted by Gasteiger charge is 2.15. The van der Waals surface area contributed by atoms with Gasteiger partial charge in [-0.15, -0.1) is 0 Å². The molecule has 1 fully saturated rings. The quantitative estimate of drug-likeness (QED) is 0.791. The Kier molecular flexibility index (Phi) is 4.49. The Balaban J connectivity index is 1.97. The van der Waals surface area contributed by atoms with E-state index in [1.807, 2.05) is 12.1 Å². The summed E-state index contributed by atoms with van der Waals surface area (Å²) in [4.78, 5) is 7.18. The van der Waals surface area contributed by atoms with E-state index in [9.17, 15) is 0 Å². The van der Waals surface area contributed by atoms with Crippen LogP contribution >= 0.6 is 12.2 Å². The molecule has 0 spiro atoms. The number of likely N-dealkylation sites (tertiary alicyclic amines) is 1. The monoisotopic (exact) mass is 264 g/mol. The van der Waals surface area contributed by atoms with Gasteiger partial charge in [0.2, 0.25) is 0 Å². The second-order valence-electron chi connectivity index (χ2n) is 4.82. The third-order valence-electron chi connectivity index (χ3n) is 3.19. The van der Waals surface area contributed by atoms with E-state index in [2.05, 4.69) is 22.1 Å². The average Bonchev–Trinajstić information content (AvgIpc) is 2.82. The van der Waals surface area contributed by atoms with Gasteiger partial charge in [-0.05, 0) is 45.0 Å². The minimum atomic E-state index is 0.339. The Labute approximate surface area is 114 Å². The Bertz CT molecular complexity index is 415. The summed E-state index contributed by atoms with van der Waals surface area (Å²) in [6, 6.07) is 4.09. The van der Waals surface area contributed by atoms with E-state index in [-0.39, 0.29) is 0 Å². The first-order valence-corrected chi connectivity index (χ1v) is 6.81. The second kappa shape index (κ2) is 6.11. The summed E-state index contributed by atoms with van der Waals surface area (Å²) in [6.45, 7) is 5.61. The molecule has 1 unspecified atom stereocenters. The van der Waals surface area contributed by atoms with Crippen LogP contribution in [0.3, 0.4) is 0 Å². The molecule has 18 heavy (non-hydrogen) atoms. The van der Waals surface area contributed by atoms with Gasteiger partial charge in [-0.2, -0.15) is 0 Å². The average molecular weight is 264 g/mol. The van der Waals surface area contributed by atoms with Crippen LogP contribution in [0.5, 0.6) is 0 Å². The van der Waals surface area contributed by atoms with Crippen LogP contribution < -0.4 is 11.1 Å². The highest BCUT2D eigenvalue weighted by molar-refractivity contribution is 7.80. The highest BCUT2D eigenvalue weighted by Crippen LogP contribution is 2.14. The molecular weight excluding hydrogens is 244 g/mol. The topological polar surface area (TPSA) is 54.2 Å². The zero-order chi connectivity index (χ0) is 13.0. The van der Waals surface area contributed by atoms with Gasteiger partial charge in [-0.1, -0.05) is 12.2 Å². The van der Waals surface area contributed by atoms with Crippen molar-refractivity contribution in [2.24, 2.45) is 5.73 Å². The van der Waals surface area contributed by atoms with Gasteiger partial charge in [0, 0.05) is 18.8 Å². The molecule has 0 aromatic carbocycles. The number of anilines is 1. The van der Waals surface area contributed by atoms with E-state index in [1.165, 1.54) is 25.9 Å². The molecule has 1 aromatic rings. The van der Waals surface area contributed by atoms with Crippen LogP contribution in [-0.4, -0.2) is 40.5 Å². The smallest absolute Gasteiger partial charge is 0.136 e. The molecular formula is C13H20N4S. The molecule has 0 bridgehead atoms. The molecule has 0 aliphatic carbocycles. The van der Waals surface area contributed by atoms with Crippen molar-refractivity contribution in [1.82, 2.24) is 9.88 Å². The zero-order valence-corrected chi connectivity index (χ0v) is 11.5. The highest BCUT2D eigenvalue weighted by atomic mass is 32.1. The number of nitrogens with one attached hydrogen (secondary N) is 1. The Hall–Kier alpha value is -1.20. The molecule has 0 radical (unpaired) electrons. The van der Waals surface area contributed by atoms with Crippen molar-refractivity contribution in [3.05, 3.63) is 23.9 Å². The van der Waals surface area contributed by atoms with Gasteiger partial charge in [-0.25, -0.2) is 4.98 Å². The van der Waals surface area contributed by atoms with Gasteiger partial charge in [0.15, 0.2) is 0 Å². The summed E-state index contributed by atoms with van der Waals surface area (Å²) in [7, 11) is 0. The van der Waals surface area contributed by atoms with E-state index in [4.69, 9.17) is 18.0 Å². The number of thiocarbonyl (C=S) groups is 1. The van der Waals surface area contributed by atoms with E-state index in [1.54, 1.807) is 6.20 Å². The Morgan fingerprint density at radius 1 is 1.56 bits per heavy atom. The molecule has 0 amide bonds. The number of aromatic nitrogens is 1. The van der Waals surface area contributed by atoms with Gasteiger partial charge in [0.05, 0.1) is 5.56 Å². The first-order valence-electron chi connectivity index (χ1n) is 6.40. The molecule has 3 N–H and O–H groups in total. The number of rotatable bonds is 5. The largest absolute Gasteiger partial charge is 0.389 e. The van der Waals surface area contributed by atoms with Crippen molar-refractivity contribution in [3.63, 3.8) is 0 Å². The van der Waals surface area contributed by atoms with E-state index in [0.29, 0.717) is 11.0 Å². The molecule has 2 heterocycles. The number of nitrogens with two attached hydrogens (primary N) is 1. The fraction of sp³-hybridized carbons (Fsp3) is 0.538. The summed E-state index contributed by atoms with van der Waals surface area (Å²) >= 11 is 5.03. The van der Waals surface area contributed by atoms with Crippen molar-refractivity contribution in [1.29, 1.82) is 0 Å². The summed E-state index contributed by atoms with van der Waals surface area (Å²) in [5.41, 5.74) is 6.52. The number of pyridine rings is 1. The molecule has 1 aliphatic rings. The van der Waals surface area contributed by atoms with E-state index in [0.717, 1.165) is 17.9 Å². The first-order chi connectivity index (χ1) is 8.66. The van der Waals surface area contributed by atoms with Crippen LogP contribution in [0.4, 0.5) is 5.82 Å². The third-order valence-corrected chi connectivity index (χ3v) is 3.41. The lowest BCUT2D eigenvalue weighted by molar-refractivity contribution is 0.327. The fourth-order valence-electron chi connectivity index (χ4n) is 2.35. The van der Waals surface area contributed by atoms with Gasteiger partial charge in [0.1, 0.15) is 10.8 Å². The number of nitrogens with zero attached hydrogens (tertiary/aromatic N) is 2. The fourth-order valence-corrected chi connectivity index (χ4v) is 2.52. The van der Waals surface area contributed by atoms with E-state index >= 15 is 0 Å². The van der Waals surface area contributed by atoms with Gasteiger partial charge in [-0.3, -0.25) is 0 Å². The van der Waals surface area contributed by atoms with Crippen molar-refractivity contribution >= 4 is 23.0 Å². The maximum atomic E-state index is 5.69. The summed E-state index contributed by atoms with van der Waals surface area (Å²) in [5, 5.41) is 3.40. The summed E-state index contributed by atoms with van der Waals surface area (Å²) in [5.74, 6) is 0.789. The van der Waals surface area contributed by atoms with Gasteiger partial charge in [0.25, 0.3) is 0 Å². The van der Waals surface area contributed by atoms with Crippen LogP contribution in [0.1, 0.15) is 25.3 Å². The third kappa shape index (κ3) is 3.40. The minimum Gasteiger partial charge on any atom is -0.389 e. The van der Waals surface area contributed by atoms with Crippen LogP contribution in [0.25, 0.3) is 0 Å². The minimum absolute atomic E-state index is 0.339. The number of hydrogen-bond donors (Lipinski definition) is 2. The zero-order valence-electron chi connectivity index (χ0n) is 10.7. The van der Waals surface area contributed by atoms with Crippen LogP contribution in [0.15, 0.2) is 18.3 Å². The lowest BCUT2D eigenvalue weighted by Crippen LogP contribution is -2.33.